The lowest BCUT2D eigenvalue weighted by Gasteiger charge is -2.43. The van der Waals surface area contributed by atoms with Crippen LogP contribution >= 0.6 is 0 Å². The summed E-state index contributed by atoms with van der Waals surface area (Å²) in [6, 6.07) is 4.41. The molecular weight excluding hydrogens is 406 g/mol. The second-order valence-electron chi connectivity index (χ2n) is 6.85. The number of sulfone groups is 1. The molecule has 2 atom stereocenters. The molecule has 0 aliphatic carbocycles. The molecule has 2 heterocycles. The maximum Gasteiger partial charge on any atom is 0.273 e. The van der Waals surface area contributed by atoms with Gasteiger partial charge in [0.2, 0.25) is 10.0 Å². The molecule has 1 aliphatic heterocycles. The summed E-state index contributed by atoms with van der Waals surface area (Å²) in [7, 11) is -7.47. The SMILES string of the molecule is C[C@@H]1CN(C(=O)c2cnn[nH]2)[C@@H](C)CN1S(=O)(=O)c1cccc(S(C)(=O)=O)c1. The van der Waals surface area contributed by atoms with Crippen molar-refractivity contribution in [1.29, 1.82) is 0 Å². The number of carbonyl (C=O) groups is 1. The van der Waals surface area contributed by atoms with Gasteiger partial charge in [0.1, 0.15) is 5.69 Å². The van der Waals surface area contributed by atoms with Crippen LogP contribution in [0.15, 0.2) is 40.3 Å². The Kier molecular flexibility index (Phi) is 5.30. The van der Waals surface area contributed by atoms with Crippen LogP contribution in [0, 0.1) is 0 Å². The summed E-state index contributed by atoms with van der Waals surface area (Å²) in [6.45, 7) is 3.72. The lowest BCUT2D eigenvalue weighted by atomic mass is 10.1. The van der Waals surface area contributed by atoms with Crippen LogP contribution in [0.1, 0.15) is 24.3 Å². The lowest BCUT2D eigenvalue weighted by Crippen LogP contribution is -2.59. The number of nitrogens with one attached hydrogen (secondary N) is 1. The largest absolute Gasteiger partial charge is 0.332 e. The van der Waals surface area contributed by atoms with Crippen molar-refractivity contribution in [3.05, 3.63) is 36.2 Å². The highest BCUT2D eigenvalue weighted by Gasteiger charge is 2.39. The second kappa shape index (κ2) is 7.26. The highest BCUT2D eigenvalue weighted by Crippen LogP contribution is 2.26. The van der Waals surface area contributed by atoms with Crippen LogP contribution in [0.4, 0.5) is 0 Å². The highest BCUT2D eigenvalue weighted by molar-refractivity contribution is 7.91. The number of nitrogens with zero attached hydrogens (tertiary/aromatic N) is 4. The number of piperazine rings is 1. The van der Waals surface area contributed by atoms with Crippen molar-refractivity contribution in [2.24, 2.45) is 0 Å². The molecule has 1 N–H and O–H groups in total. The predicted molar refractivity (Wildman–Crippen MR) is 99.8 cm³/mol. The lowest BCUT2D eigenvalue weighted by molar-refractivity contribution is 0.0501. The van der Waals surface area contributed by atoms with E-state index in [0.29, 0.717) is 0 Å². The Morgan fingerprint density at radius 2 is 1.79 bits per heavy atom. The van der Waals surface area contributed by atoms with Crippen LogP contribution in [0.5, 0.6) is 0 Å². The topological polar surface area (TPSA) is 133 Å². The average molecular weight is 428 g/mol. The molecule has 0 bridgehead atoms. The van der Waals surface area contributed by atoms with E-state index in [9.17, 15) is 21.6 Å². The van der Waals surface area contributed by atoms with Crippen molar-refractivity contribution in [2.45, 2.75) is 35.7 Å². The second-order valence-corrected chi connectivity index (χ2v) is 10.8. The van der Waals surface area contributed by atoms with Gasteiger partial charge in [0.05, 0.1) is 16.0 Å². The van der Waals surface area contributed by atoms with Gasteiger partial charge in [-0.05, 0) is 32.0 Å². The number of hydrogen-bond donors (Lipinski definition) is 1. The minimum Gasteiger partial charge on any atom is -0.332 e. The molecule has 1 aliphatic rings. The molecule has 0 unspecified atom stereocenters. The molecule has 0 radical (unpaired) electrons. The standard InChI is InChI=1S/C16H21N5O5S2/c1-11-10-21(12(2)9-20(11)16(22)15-8-17-19-18-15)28(25,26)14-6-4-5-13(7-14)27(3,23)24/h4-8,11-12H,9-10H2,1-3H3,(H,17,18,19)/t11-,12+/m0/s1. The zero-order chi connectivity index (χ0) is 20.7. The Hall–Kier alpha value is -2.31. The molecule has 1 saturated heterocycles. The molecule has 28 heavy (non-hydrogen) atoms. The van der Waals surface area contributed by atoms with Crippen molar-refractivity contribution < 1.29 is 21.6 Å². The van der Waals surface area contributed by atoms with E-state index in [0.717, 1.165) is 12.3 Å². The van der Waals surface area contributed by atoms with Crippen molar-refractivity contribution in [3.63, 3.8) is 0 Å². The number of aromatic amines is 1. The van der Waals surface area contributed by atoms with E-state index in [-0.39, 0.29) is 40.5 Å². The first kappa shape index (κ1) is 20.4. The van der Waals surface area contributed by atoms with E-state index in [2.05, 4.69) is 15.4 Å². The van der Waals surface area contributed by atoms with Crippen LogP contribution < -0.4 is 0 Å². The predicted octanol–water partition coefficient (Wildman–Crippen LogP) is 0.132. The summed E-state index contributed by atoms with van der Waals surface area (Å²) in [5.74, 6) is -0.305. The normalized spacial score (nSPS) is 21.6. The summed E-state index contributed by atoms with van der Waals surface area (Å²) >= 11 is 0. The van der Waals surface area contributed by atoms with Crippen LogP contribution in [0.25, 0.3) is 0 Å². The molecule has 1 aromatic carbocycles. The molecule has 12 heteroatoms. The van der Waals surface area contributed by atoms with E-state index in [1.165, 1.54) is 28.7 Å². The zero-order valence-electron chi connectivity index (χ0n) is 15.6. The summed E-state index contributed by atoms with van der Waals surface area (Å²) in [6.07, 6.45) is 2.34. The smallest absolute Gasteiger partial charge is 0.273 e. The van der Waals surface area contributed by atoms with Gasteiger partial charge in [-0.15, -0.1) is 5.10 Å². The van der Waals surface area contributed by atoms with Crippen LogP contribution in [0.2, 0.25) is 0 Å². The van der Waals surface area contributed by atoms with Crippen LogP contribution in [-0.2, 0) is 19.9 Å². The molecule has 3 rings (SSSR count). The van der Waals surface area contributed by atoms with Gasteiger partial charge in [-0.3, -0.25) is 9.89 Å². The van der Waals surface area contributed by atoms with Gasteiger partial charge >= 0.3 is 0 Å². The maximum absolute atomic E-state index is 13.1. The van der Waals surface area contributed by atoms with Gasteiger partial charge < -0.3 is 4.90 Å². The number of aromatic nitrogens is 3. The first-order valence-corrected chi connectivity index (χ1v) is 11.8. The Morgan fingerprint density at radius 1 is 1.11 bits per heavy atom. The molecule has 2 aromatic rings. The fourth-order valence-corrected chi connectivity index (χ4v) is 5.66. The molecule has 1 aromatic heterocycles. The average Bonchev–Trinajstić information content (AvgIpc) is 3.16. The molecule has 152 valence electrons. The van der Waals surface area contributed by atoms with Gasteiger partial charge in [0, 0.05) is 31.4 Å². The summed E-state index contributed by atoms with van der Waals surface area (Å²) in [4.78, 5) is 14.0. The van der Waals surface area contributed by atoms with Crippen LogP contribution in [-0.4, -0.2) is 78.8 Å². The third-order valence-corrected chi connectivity index (χ3v) is 7.76. The van der Waals surface area contributed by atoms with Crippen molar-refractivity contribution in [3.8, 4) is 0 Å². The summed E-state index contributed by atoms with van der Waals surface area (Å²) in [5.41, 5.74) is 0.233. The van der Waals surface area contributed by atoms with Crippen molar-refractivity contribution >= 4 is 25.8 Å². The minimum absolute atomic E-state index is 0.0603. The van der Waals surface area contributed by atoms with E-state index in [1.54, 1.807) is 18.7 Å². The molecule has 1 fully saturated rings. The van der Waals surface area contributed by atoms with Gasteiger partial charge in [-0.1, -0.05) is 11.3 Å². The summed E-state index contributed by atoms with van der Waals surface area (Å²) in [5, 5.41) is 9.64. The fraction of sp³-hybridized carbons (Fsp3) is 0.438. The number of sulfonamides is 1. The minimum atomic E-state index is -3.93. The first-order valence-electron chi connectivity index (χ1n) is 8.51. The van der Waals surface area contributed by atoms with Crippen molar-refractivity contribution in [2.75, 3.05) is 19.3 Å². The molecule has 0 spiro atoms. The monoisotopic (exact) mass is 427 g/mol. The third kappa shape index (κ3) is 3.80. The van der Waals surface area contributed by atoms with Gasteiger partial charge in [0.25, 0.3) is 5.91 Å². The molecular formula is C16H21N5O5S2. The third-order valence-electron chi connectivity index (χ3n) is 4.68. The van der Waals surface area contributed by atoms with Crippen molar-refractivity contribution in [1.82, 2.24) is 24.6 Å². The number of hydrogen-bond acceptors (Lipinski definition) is 7. The van der Waals surface area contributed by atoms with Gasteiger partial charge in [0.15, 0.2) is 9.84 Å². The number of carbonyl (C=O) groups excluding carboxylic acids is 1. The van der Waals surface area contributed by atoms with Gasteiger partial charge in [-0.25, -0.2) is 16.8 Å². The van der Waals surface area contributed by atoms with E-state index in [1.807, 2.05) is 0 Å². The quantitative estimate of drug-likeness (QED) is 0.733. The Balaban J connectivity index is 1.88. The van der Waals surface area contributed by atoms with E-state index >= 15 is 0 Å². The number of rotatable bonds is 4. The first-order chi connectivity index (χ1) is 13.0. The Bertz CT molecular complexity index is 1080. The Morgan fingerprint density at radius 3 is 2.39 bits per heavy atom. The van der Waals surface area contributed by atoms with Gasteiger partial charge in [-0.2, -0.15) is 4.31 Å². The zero-order valence-corrected chi connectivity index (χ0v) is 17.2. The molecule has 0 saturated carbocycles. The molecule has 1 amide bonds. The highest BCUT2D eigenvalue weighted by atomic mass is 32.2. The number of benzene rings is 1. The van der Waals surface area contributed by atoms with E-state index < -0.39 is 25.9 Å². The number of amides is 1. The Labute approximate surface area is 163 Å². The summed E-state index contributed by atoms with van der Waals surface area (Å²) < 4.78 is 51.1. The fourth-order valence-electron chi connectivity index (χ4n) is 3.17. The number of H-pyrrole nitrogens is 1. The van der Waals surface area contributed by atoms with E-state index in [4.69, 9.17) is 0 Å². The maximum atomic E-state index is 13.1. The molecule has 10 nitrogen and oxygen atoms in total. The van der Waals surface area contributed by atoms with Crippen LogP contribution in [0.3, 0.4) is 0 Å².